The number of amides is 1. The van der Waals surface area contributed by atoms with Gasteiger partial charge < -0.3 is 5.32 Å². The van der Waals surface area contributed by atoms with Crippen molar-refractivity contribution in [3.8, 4) is 0 Å². The summed E-state index contributed by atoms with van der Waals surface area (Å²) in [7, 11) is -3.96. The zero-order valence-corrected chi connectivity index (χ0v) is 17.6. The van der Waals surface area contributed by atoms with Crippen LogP contribution in [0.25, 0.3) is 0 Å². The van der Waals surface area contributed by atoms with Crippen molar-refractivity contribution in [2.24, 2.45) is 0 Å². The number of anilines is 1. The average Bonchev–Trinajstić information content (AvgIpc) is 2.70. The van der Waals surface area contributed by atoms with E-state index in [1.54, 1.807) is 48.5 Å². The second-order valence-corrected chi connectivity index (χ2v) is 9.03. The van der Waals surface area contributed by atoms with Gasteiger partial charge in [0.25, 0.3) is 0 Å². The summed E-state index contributed by atoms with van der Waals surface area (Å²) in [5, 5.41) is 3.32. The third-order valence-electron chi connectivity index (χ3n) is 4.10. The normalized spacial score (nSPS) is 11.4. The van der Waals surface area contributed by atoms with E-state index < -0.39 is 15.9 Å². The van der Waals surface area contributed by atoms with Gasteiger partial charge in [-0.3, -0.25) is 4.79 Å². The molecule has 0 aromatic heterocycles. The zero-order chi connectivity index (χ0) is 20.9. The van der Waals surface area contributed by atoms with Gasteiger partial charge >= 0.3 is 0 Å². The number of rotatable bonds is 7. The second kappa shape index (κ2) is 9.41. The standard InChI is InChI=1S/C21H18Cl2N2O3S/c22-17-9-6-10-18(13-17)29(27,28)25(14-16-7-2-1-3-8-16)15-21(26)24-20-12-5-4-11-19(20)23/h1-13H,14-15H2,(H,24,26). The zero-order valence-electron chi connectivity index (χ0n) is 15.3. The molecule has 29 heavy (non-hydrogen) atoms. The van der Waals surface area contributed by atoms with Gasteiger partial charge in [-0.05, 0) is 35.9 Å². The highest BCUT2D eigenvalue weighted by Crippen LogP contribution is 2.23. The van der Waals surface area contributed by atoms with Crippen molar-refractivity contribution in [1.82, 2.24) is 4.31 Å². The molecule has 0 aliphatic carbocycles. The molecule has 3 rings (SSSR count). The maximum atomic E-state index is 13.2. The molecule has 0 bridgehead atoms. The number of sulfonamides is 1. The summed E-state index contributed by atoms with van der Waals surface area (Å²) in [6, 6.07) is 21.8. The molecule has 1 amide bonds. The summed E-state index contributed by atoms with van der Waals surface area (Å²) in [6.07, 6.45) is 0. The van der Waals surface area contributed by atoms with Crippen LogP contribution in [-0.2, 0) is 21.4 Å². The summed E-state index contributed by atoms with van der Waals surface area (Å²) >= 11 is 12.0. The van der Waals surface area contributed by atoms with Gasteiger partial charge in [0.05, 0.1) is 22.2 Å². The Labute approximate surface area is 179 Å². The summed E-state index contributed by atoms with van der Waals surface area (Å²) in [5.41, 5.74) is 1.17. The van der Waals surface area contributed by atoms with Crippen LogP contribution in [0.15, 0.2) is 83.8 Å². The molecule has 0 aliphatic heterocycles. The van der Waals surface area contributed by atoms with E-state index in [0.29, 0.717) is 15.7 Å². The average molecular weight is 449 g/mol. The molecule has 0 fully saturated rings. The molecule has 150 valence electrons. The molecule has 0 spiro atoms. The second-order valence-electron chi connectivity index (χ2n) is 6.24. The lowest BCUT2D eigenvalue weighted by Crippen LogP contribution is -2.37. The number of nitrogens with zero attached hydrogens (tertiary/aromatic N) is 1. The molecule has 8 heteroatoms. The third-order valence-corrected chi connectivity index (χ3v) is 6.46. The van der Waals surface area contributed by atoms with Crippen LogP contribution in [0.2, 0.25) is 10.0 Å². The molecule has 0 radical (unpaired) electrons. The maximum absolute atomic E-state index is 13.2. The molecule has 3 aromatic carbocycles. The lowest BCUT2D eigenvalue weighted by Gasteiger charge is -2.22. The van der Waals surface area contributed by atoms with E-state index in [2.05, 4.69) is 5.32 Å². The molecule has 0 atom stereocenters. The van der Waals surface area contributed by atoms with Crippen molar-refractivity contribution in [2.75, 3.05) is 11.9 Å². The van der Waals surface area contributed by atoms with Gasteiger partial charge in [0.15, 0.2) is 0 Å². The Kier molecular flexibility index (Phi) is 6.92. The van der Waals surface area contributed by atoms with Crippen LogP contribution in [-0.4, -0.2) is 25.2 Å². The minimum Gasteiger partial charge on any atom is -0.324 e. The first kappa shape index (κ1) is 21.3. The monoisotopic (exact) mass is 448 g/mol. The van der Waals surface area contributed by atoms with Crippen LogP contribution in [0.5, 0.6) is 0 Å². The van der Waals surface area contributed by atoms with E-state index in [4.69, 9.17) is 23.2 Å². The predicted molar refractivity (Wildman–Crippen MR) is 116 cm³/mol. The van der Waals surface area contributed by atoms with Crippen molar-refractivity contribution in [3.05, 3.63) is 94.5 Å². The Morgan fingerprint density at radius 1 is 0.897 bits per heavy atom. The maximum Gasteiger partial charge on any atom is 0.243 e. The Hall–Kier alpha value is -2.38. The molecule has 0 unspecified atom stereocenters. The molecule has 0 saturated heterocycles. The molecule has 3 aromatic rings. The minimum atomic E-state index is -3.96. The van der Waals surface area contributed by atoms with Crippen molar-refractivity contribution in [2.45, 2.75) is 11.4 Å². The van der Waals surface area contributed by atoms with Crippen molar-refractivity contribution >= 4 is 44.8 Å². The molecule has 0 saturated carbocycles. The fourth-order valence-corrected chi connectivity index (χ4v) is 4.57. The first-order chi connectivity index (χ1) is 13.9. The van der Waals surface area contributed by atoms with Gasteiger partial charge in [-0.2, -0.15) is 4.31 Å². The molecular formula is C21H18Cl2N2O3S. The van der Waals surface area contributed by atoms with Crippen molar-refractivity contribution < 1.29 is 13.2 Å². The highest BCUT2D eigenvalue weighted by molar-refractivity contribution is 7.89. The number of para-hydroxylation sites is 1. The van der Waals surface area contributed by atoms with E-state index in [1.165, 1.54) is 12.1 Å². The van der Waals surface area contributed by atoms with Gasteiger partial charge in [-0.1, -0.05) is 71.7 Å². The summed E-state index contributed by atoms with van der Waals surface area (Å²) in [4.78, 5) is 12.6. The summed E-state index contributed by atoms with van der Waals surface area (Å²) in [6.45, 7) is -0.347. The quantitative estimate of drug-likeness (QED) is 0.562. The van der Waals surface area contributed by atoms with Crippen molar-refractivity contribution in [3.63, 3.8) is 0 Å². The molecular weight excluding hydrogens is 431 g/mol. The van der Waals surface area contributed by atoms with E-state index in [-0.39, 0.29) is 18.0 Å². The topological polar surface area (TPSA) is 66.5 Å². The molecule has 5 nitrogen and oxygen atoms in total. The summed E-state index contributed by atoms with van der Waals surface area (Å²) in [5.74, 6) is -0.500. The van der Waals surface area contributed by atoms with Crippen LogP contribution >= 0.6 is 23.2 Å². The van der Waals surface area contributed by atoms with Crippen LogP contribution in [0.1, 0.15) is 5.56 Å². The van der Waals surface area contributed by atoms with Crippen LogP contribution < -0.4 is 5.32 Å². The van der Waals surface area contributed by atoms with E-state index >= 15 is 0 Å². The molecule has 0 heterocycles. The Balaban J connectivity index is 1.88. The van der Waals surface area contributed by atoms with Crippen LogP contribution in [0.4, 0.5) is 5.69 Å². The number of hydrogen-bond acceptors (Lipinski definition) is 3. The minimum absolute atomic E-state index is 0.0199. The molecule has 1 N–H and O–H groups in total. The lowest BCUT2D eigenvalue weighted by atomic mass is 10.2. The summed E-state index contributed by atoms with van der Waals surface area (Å²) < 4.78 is 27.5. The van der Waals surface area contributed by atoms with E-state index in [0.717, 1.165) is 9.87 Å². The predicted octanol–water partition coefficient (Wildman–Crippen LogP) is 4.82. The Morgan fingerprint density at radius 2 is 1.59 bits per heavy atom. The first-order valence-electron chi connectivity index (χ1n) is 8.70. The smallest absolute Gasteiger partial charge is 0.243 e. The number of carbonyl (C=O) groups is 1. The Morgan fingerprint density at radius 3 is 2.28 bits per heavy atom. The fraction of sp³-hybridized carbons (Fsp3) is 0.0952. The number of halogens is 2. The van der Waals surface area contributed by atoms with Crippen LogP contribution in [0.3, 0.4) is 0 Å². The Bertz CT molecular complexity index is 1110. The van der Waals surface area contributed by atoms with Gasteiger partial charge in [0.2, 0.25) is 15.9 Å². The van der Waals surface area contributed by atoms with Crippen LogP contribution in [0, 0.1) is 0 Å². The SMILES string of the molecule is O=C(CN(Cc1ccccc1)S(=O)(=O)c1cccc(Cl)c1)Nc1ccccc1Cl. The lowest BCUT2D eigenvalue weighted by molar-refractivity contribution is -0.116. The highest BCUT2D eigenvalue weighted by Gasteiger charge is 2.27. The van der Waals surface area contributed by atoms with Gasteiger partial charge in [0, 0.05) is 11.6 Å². The third kappa shape index (κ3) is 5.58. The first-order valence-corrected chi connectivity index (χ1v) is 10.9. The van der Waals surface area contributed by atoms with Gasteiger partial charge in [-0.15, -0.1) is 0 Å². The van der Waals surface area contributed by atoms with Crippen molar-refractivity contribution in [1.29, 1.82) is 0 Å². The van der Waals surface area contributed by atoms with Gasteiger partial charge in [0.1, 0.15) is 0 Å². The van der Waals surface area contributed by atoms with Gasteiger partial charge in [-0.25, -0.2) is 8.42 Å². The largest absolute Gasteiger partial charge is 0.324 e. The van der Waals surface area contributed by atoms with E-state index in [9.17, 15) is 13.2 Å². The highest BCUT2D eigenvalue weighted by atomic mass is 35.5. The number of benzene rings is 3. The number of carbonyl (C=O) groups excluding carboxylic acids is 1. The molecule has 0 aliphatic rings. The van der Waals surface area contributed by atoms with E-state index in [1.807, 2.05) is 18.2 Å². The number of hydrogen-bond donors (Lipinski definition) is 1. The fourth-order valence-electron chi connectivity index (χ4n) is 2.70. The number of nitrogens with one attached hydrogen (secondary N) is 1.